The lowest BCUT2D eigenvalue weighted by atomic mass is 10.2. The molecule has 1 saturated heterocycles. The number of nitrogens with one attached hydrogen (secondary N) is 1. The molecule has 3 rings (SSSR count). The number of amides is 2. The molecule has 0 aromatic heterocycles. The zero-order valence-corrected chi connectivity index (χ0v) is 13.5. The molecular formula is C17H13N2O4S-. The number of anilines is 2. The summed E-state index contributed by atoms with van der Waals surface area (Å²) in [6.07, 6.45) is 0. The van der Waals surface area contributed by atoms with Crippen molar-refractivity contribution >= 4 is 40.3 Å². The Morgan fingerprint density at radius 2 is 1.79 bits per heavy atom. The number of carbonyl (C=O) groups is 3. The summed E-state index contributed by atoms with van der Waals surface area (Å²) < 4.78 is 0. The highest BCUT2D eigenvalue weighted by molar-refractivity contribution is 8.16. The van der Waals surface area contributed by atoms with Gasteiger partial charge in [-0.1, -0.05) is 35.9 Å². The van der Waals surface area contributed by atoms with Crippen molar-refractivity contribution in [3.05, 3.63) is 59.7 Å². The van der Waals surface area contributed by atoms with E-state index in [1.807, 2.05) is 19.1 Å². The van der Waals surface area contributed by atoms with Crippen LogP contribution in [0, 0.1) is 6.92 Å². The normalized spacial score (nSPS) is 17.2. The maximum Gasteiger partial charge on any atom is 0.295 e. The van der Waals surface area contributed by atoms with Gasteiger partial charge in [0, 0.05) is 11.3 Å². The molecule has 0 spiro atoms. The number of aromatic carboxylic acids is 1. The van der Waals surface area contributed by atoms with E-state index in [4.69, 9.17) is 0 Å². The number of aryl methyl sites for hydroxylation is 1. The second kappa shape index (κ2) is 6.37. The summed E-state index contributed by atoms with van der Waals surface area (Å²) in [4.78, 5) is 37.0. The van der Waals surface area contributed by atoms with Crippen LogP contribution in [0.5, 0.6) is 0 Å². The van der Waals surface area contributed by atoms with Gasteiger partial charge >= 0.3 is 0 Å². The Morgan fingerprint density at radius 3 is 2.46 bits per heavy atom. The van der Waals surface area contributed by atoms with Crippen molar-refractivity contribution in [3.63, 3.8) is 0 Å². The van der Waals surface area contributed by atoms with Gasteiger partial charge in [0.15, 0.2) is 5.37 Å². The van der Waals surface area contributed by atoms with E-state index in [0.29, 0.717) is 5.69 Å². The van der Waals surface area contributed by atoms with Crippen molar-refractivity contribution in [1.82, 2.24) is 0 Å². The van der Waals surface area contributed by atoms with E-state index in [9.17, 15) is 19.5 Å². The van der Waals surface area contributed by atoms with Crippen LogP contribution in [0.4, 0.5) is 16.2 Å². The predicted molar refractivity (Wildman–Crippen MR) is 89.8 cm³/mol. The van der Waals surface area contributed by atoms with Crippen molar-refractivity contribution in [1.29, 1.82) is 0 Å². The molecule has 1 heterocycles. The summed E-state index contributed by atoms with van der Waals surface area (Å²) in [6.45, 7) is 1.91. The number of carboxylic acid groups (broad SMARTS) is 1. The fraction of sp³-hybridized carbons (Fsp3) is 0.118. The molecule has 0 saturated carbocycles. The van der Waals surface area contributed by atoms with Crippen molar-refractivity contribution < 1.29 is 19.5 Å². The van der Waals surface area contributed by atoms with E-state index in [2.05, 4.69) is 5.32 Å². The quantitative estimate of drug-likeness (QED) is 0.915. The zero-order valence-electron chi connectivity index (χ0n) is 12.7. The van der Waals surface area contributed by atoms with Gasteiger partial charge in [-0.05, 0) is 36.9 Å². The molecule has 1 aliphatic rings. The molecule has 0 unspecified atom stereocenters. The molecule has 6 nitrogen and oxygen atoms in total. The number of rotatable bonds is 4. The minimum absolute atomic E-state index is 0.0628. The molecule has 1 fully saturated rings. The van der Waals surface area contributed by atoms with Crippen LogP contribution >= 0.6 is 11.8 Å². The maximum atomic E-state index is 12.5. The number of benzene rings is 2. The molecule has 1 atom stereocenters. The van der Waals surface area contributed by atoms with Gasteiger partial charge in [-0.2, -0.15) is 0 Å². The Labute approximate surface area is 142 Å². The highest BCUT2D eigenvalue weighted by atomic mass is 32.2. The minimum atomic E-state index is -1.35. The molecule has 24 heavy (non-hydrogen) atoms. The largest absolute Gasteiger partial charge is 0.545 e. The number of imide groups is 1. The molecule has 0 aliphatic carbocycles. The lowest BCUT2D eigenvalue weighted by molar-refractivity contribution is -0.254. The topological polar surface area (TPSA) is 89.5 Å². The first kappa shape index (κ1) is 16.1. The average molecular weight is 341 g/mol. The summed E-state index contributed by atoms with van der Waals surface area (Å²) >= 11 is 0.809. The van der Waals surface area contributed by atoms with E-state index in [1.165, 1.54) is 12.1 Å². The van der Waals surface area contributed by atoms with Gasteiger partial charge in [-0.3, -0.25) is 9.59 Å². The Balaban J connectivity index is 1.85. The molecule has 2 amide bonds. The van der Waals surface area contributed by atoms with Gasteiger partial charge in [0.2, 0.25) is 0 Å². The molecule has 122 valence electrons. The Morgan fingerprint density at radius 1 is 1.12 bits per heavy atom. The van der Waals surface area contributed by atoms with Crippen molar-refractivity contribution in [2.24, 2.45) is 0 Å². The SMILES string of the molecule is Cc1ccc(N2C(=O)S[C@H](Nc3ccccc3C(=O)[O-])C2=O)cc1. The number of nitrogens with zero attached hydrogens (tertiary/aromatic N) is 1. The summed E-state index contributed by atoms with van der Waals surface area (Å²) in [5.74, 6) is -1.79. The van der Waals surface area contributed by atoms with E-state index < -0.39 is 22.5 Å². The third-order valence-electron chi connectivity index (χ3n) is 3.57. The standard InChI is InChI=1S/C17H14N2O4S/c1-10-6-8-11(9-7-10)19-15(20)14(24-17(19)23)18-13-5-3-2-4-12(13)16(21)22/h2-9,14,18H,1H3,(H,21,22)/p-1/t14-/m0/s1. The van der Waals surface area contributed by atoms with Crippen molar-refractivity contribution in [2.45, 2.75) is 12.3 Å². The van der Waals surface area contributed by atoms with Crippen LogP contribution in [-0.4, -0.2) is 22.5 Å². The summed E-state index contributed by atoms with van der Waals surface area (Å²) in [6, 6.07) is 13.1. The second-order valence-electron chi connectivity index (χ2n) is 5.25. The van der Waals surface area contributed by atoms with Crippen LogP contribution in [0.1, 0.15) is 15.9 Å². The first-order chi connectivity index (χ1) is 11.5. The maximum absolute atomic E-state index is 12.5. The number of hydrogen-bond acceptors (Lipinski definition) is 6. The summed E-state index contributed by atoms with van der Waals surface area (Å²) in [5.41, 5.74) is 1.68. The van der Waals surface area contributed by atoms with Gasteiger partial charge in [-0.25, -0.2) is 4.90 Å². The lowest BCUT2D eigenvalue weighted by Crippen LogP contribution is -2.35. The van der Waals surface area contributed by atoms with Gasteiger partial charge in [0.1, 0.15) is 0 Å². The zero-order chi connectivity index (χ0) is 17.3. The molecule has 7 heteroatoms. The predicted octanol–water partition coefficient (Wildman–Crippen LogP) is 2.00. The first-order valence-electron chi connectivity index (χ1n) is 7.15. The van der Waals surface area contributed by atoms with Crippen LogP contribution < -0.4 is 15.3 Å². The van der Waals surface area contributed by atoms with Gasteiger partial charge in [0.05, 0.1) is 11.7 Å². The van der Waals surface area contributed by atoms with E-state index in [1.54, 1.807) is 24.3 Å². The van der Waals surface area contributed by atoms with Gasteiger partial charge in [0.25, 0.3) is 11.1 Å². The Hall–Kier alpha value is -2.80. The molecule has 1 aliphatic heterocycles. The number of para-hydroxylation sites is 1. The Kier molecular flexibility index (Phi) is 4.26. The van der Waals surface area contributed by atoms with Gasteiger partial charge in [-0.15, -0.1) is 0 Å². The second-order valence-corrected chi connectivity index (χ2v) is 6.31. The molecule has 0 bridgehead atoms. The smallest absolute Gasteiger partial charge is 0.295 e. The fourth-order valence-corrected chi connectivity index (χ4v) is 3.25. The summed E-state index contributed by atoms with van der Waals surface area (Å²) in [5, 5.41) is 12.7. The van der Waals surface area contributed by atoms with Crippen molar-refractivity contribution in [2.75, 3.05) is 10.2 Å². The molecular weight excluding hydrogens is 328 g/mol. The van der Waals surface area contributed by atoms with Crippen LogP contribution in [0.25, 0.3) is 0 Å². The average Bonchev–Trinajstić information content (AvgIpc) is 2.83. The molecule has 2 aromatic carbocycles. The first-order valence-corrected chi connectivity index (χ1v) is 8.03. The highest BCUT2D eigenvalue weighted by Crippen LogP contribution is 2.33. The van der Waals surface area contributed by atoms with Crippen LogP contribution in [0.15, 0.2) is 48.5 Å². The minimum Gasteiger partial charge on any atom is -0.545 e. The molecule has 0 radical (unpaired) electrons. The summed E-state index contributed by atoms with van der Waals surface area (Å²) in [7, 11) is 0. The van der Waals surface area contributed by atoms with Crippen LogP contribution in [-0.2, 0) is 4.79 Å². The third kappa shape index (κ3) is 2.98. The number of thioether (sulfide) groups is 1. The number of carbonyl (C=O) groups excluding carboxylic acids is 3. The van der Waals surface area contributed by atoms with E-state index in [0.717, 1.165) is 22.2 Å². The Bertz CT molecular complexity index is 820. The van der Waals surface area contributed by atoms with Crippen LogP contribution in [0.2, 0.25) is 0 Å². The van der Waals surface area contributed by atoms with Gasteiger partial charge < -0.3 is 15.2 Å². The molecule has 1 N–H and O–H groups in total. The van der Waals surface area contributed by atoms with E-state index in [-0.39, 0.29) is 11.3 Å². The van der Waals surface area contributed by atoms with Crippen molar-refractivity contribution in [3.8, 4) is 0 Å². The van der Waals surface area contributed by atoms with E-state index >= 15 is 0 Å². The molecule has 2 aromatic rings. The lowest BCUT2D eigenvalue weighted by Gasteiger charge is -2.17. The fourth-order valence-electron chi connectivity index (χ4n) is 2.36. The number of carboxylic acids is 1. The highest BCUT2D eigenvalue weighted by Gasteiger charge is 2.40. The number of hydrogen-bond donors (Lipinski definition) is 1. The van der Waals surface area contributed by atoms with Crippen LogP contribution in [0.3, 0.4) is 0 Å². The monoisotopic (exact) mass is 341 g/mol. The third-order valence-corrected chi connectivity index (χ3v) is 4.51.